The van der Waals surface area contributed by atoms with Crippen molar-refractivity contribution < 1.29 is 32.6 Å². The van der Waals surface area contributed by atoms with E-state index >= 15 is 0 Å². The molecule has 0 spiro atoms. The fraction of sp³-hybridized carbons (Fsp3) is 0.318. The molecule has 0 saturated carbocycles. The van der Waals surface area contributed by atoms with E-state index in [4.69, 9.17) is 4.74 Å². The SMILES string of the molecule is CC(C)(C)C(NC(=O)c1ccc2ccccc2c1OCc1nc(C(F)(F)F)cs1)C(=O)O. The van der Waals surface area contributed by atoms with Gasteiger partial charge in [-0.05, 0) is 16.9 Å². The Morgan fingerprint density at radius 2 is 1.84 bits per heavy atom. The number of halogens is 3. The number of amides is 1. The minimum absolute atomic E-state index is 0.0757. The summed E-state index contributed by atoms with van der Waals surface area (Å²) >= 11 is 0.799. The van der Waals surface area contributed by atoms with Crippen molar-refractivity contribution in [3.63, 3.8) is 0 Å². The van der Waals surface area contributed by atoms with Gasteiger partial charge in [-0.25, -0.2) is 9.78 Å². The Kier molecular flexibility index (Phi) is 6.45. The van der Waals surface area contributed by atoms with Crippen LogP contribution in [0.15, 0.2) is 41.8 Å². The summed E-state index contributed by atoms with van der Waals surface area (Å²) in [7, 11) is 0. The molecule has 3 rings (SSSR count). The van der Waals surface area contributed by atoms with E-state index in [1.165, 1.54) is 6.07 Å². The lowest BCUT2D eigenvalue weighted by atomic mass is 9.86. The number of alkyl halides is 3. The van der Waals surface area contributed by atoms with Crippen LogP contribution in [-0.2, 0) is 17.6 Å². The first-order valence-corrected chi connectivity index (χ1v) is 10.5. The van der Waals surface area contributed by atoms with Crippen LogP contribution in [0.5, 0.6) is 5.75 Å². The largest absolute Gasteiger partial charge is 0.485 e. The lowest BCUT2D eigenvalue weighted by Gasteiger charge is -2.28. The average Bonchev–Trinajstić information content (AvgIpc) is 3.18. The van der Waals surface area contributed by atoms with Gasteiger partial charge < -0.3 is 15.2 Å². The van der Waals surface area contributed by atoms with E-state index in [-0.39, 0.29) is 22.9 Å². The van der Waals surface area contributed by atoms with Crippen LogP contribution in [0.4, 0.5) is 13.2 Å². The number of nitrogens with zero attached hydrogens (tertiary/aromatic N) is 1. The molecule has 170 valence electrons. The smallest absolute Gasteiger partial charge is 0.434 e. The second-order valence-corrected chi connectivity index (χ2v) is 9.13. The molecule has 0 bridgehead atoms. The summed E-state index contributed by atoms with van der Waals surface area (Å²) in [6.07, 6.45) is -4.56. The summed E-state index contributed by atoms with van der Waals surface area (Å²) in [6, 6.07) is 9.06. The van der Waals surface area contributed by atoms with Gasteiger partial charge in [0.25, 0.3) is 5.91 Å². The van der Waals surface area contributed by atoms with E-state index in [0.717, 1.165) is 22.1 Å². The highest BCUT2D eigenvalue weighted by Crippen LogP contribution is 2.33. The number of aliphatic carboxylic acids is 1. The summed E-state index contributed by atoms with van der Waals surface area (Å²) < 4.78 is 44.3. The van der Waals surface area contributed by atoms with Gasteiger partial charge in [0.2, 0.25) is 0 Å². The van der Waals surface area contributed by atoms with E-state index in [1.807, 2.05) is 0 Å². The zero-order valence-electron chi connectivity index (χ0n) is 17.5. The van der Waals surface area contributed by atoms with Crippen LogP contribution < -0.4 is 10.1 Å². The van der Waals surface area contributed by atoms with Gasteiger partial charge in [-0.1, -0.05) is 51.1 Å². The molecule has 1 unspecified atom stereocenters. The number of nitrogens with one attached hydrogen (secondary N) is 1. The maximum absolute atomic E-state index is 13.0. The Morgan fingerprint density at radius 3 is 2.44 bits per heavy atom. The molecule has 2 N–H and O–H groups in total. The quantitative estimate of drug-likeness (QED) is 0.526. The highest BCUT2D eigenvalue weighted by Gasteiger charge is 2.35. The maximum atomic E-state index is 13.0. The Hall–Kier alpha value is -3.14. The monoisotopic (exact) mass is 466 g/mol. The first-order valence-electron chi connectivity index (χ1n) is 9.57. The lowest BCUT2D eigenvalue weighted by Crippen LogP contribution is -2.49. The Morgan fingerprint density at radius 1 is 1.16 bits per heavy atom. The fourth-order valence-corrected chi connectivity index (χ4v) is 3.79. The number of ether oxygens (including phenoxy) is 1. The summed E-state index contributed by atoms with van der Waals surface area (Å²) in [4.78, 5) is 28.2. The molecule has 1 heterocycles. The Labute approximate surface area is 186 Å². The fourth-order valence-electron chi connectivity index (χ4n) is 3.08. The van der Waals surface area contributed by atoms with Gasteiger partial charge in [0.05, 0.1) is 5.56 Å². The molecule has 6 nitrogen and oxygen atoms in total. The molecule has 1 amide bonds. The van der Waals surface area contributed by atoms with Crippen LogP contribution in [0, 0.1) is 5.41 Å². The van der Waals surface area contributed by atoms with Crippen molar-refractivity contribution in [2.24, 2.45) is 5.41 Å². The molecule has 0 aliphatic heterocycles. The first kappa shape index (κ1) is 23.5. The van der Waals surface area contributed by atoms with Gasteiger partial charge in [-0.3, -0.25) is 4.79 Å². The second kappa shape index (κ2) is 8.78. The molecule has 10 heteroatoms. The summed E-state index contributed by atoms with van der Waals surface area (Å²) in [5, 5.41) is 14.3. The highest BCUT2D eigenvalue weighted by molar-refractivity contribution is 7.09. The highest BCUT2D eigenvalue weighted by atomic mass is 32.1. The number of hydrogen-bond acceptors (Lipinski definition) is 5. The van der Waals surface area contributed by atoms with Crippen molar-refractivity contribution >= 4 is 34.0 Å². The predicted octanol–water partition coefficient (Wildman–Crippen LogP) is 5.12. The van der Waals surface area contributed by atoms with Crippen molar-refractivity contribution in [2.45, 2.75) is 39.6 Å². The molecule has 1 atom stereocenters. The van der Waals surface area contributed by atoms with Crippen molar-refractivity contribution in [1.29, 1.82) is 0 Å². The van der Waals surface area contributed by atoms with Crippen molar-refractivity contribution in [3.8, 4) is 5.75 Å². The number of thiazole rings is 1. The molecule has 0 aliphatic carbocycles. The van der Waals surface area contributed by atoms with Gasteiger partial charge in [-0.15, -0.1) is 11.3 Å². The normalized spacial score (nSPS) is 13.1. The number of benzene rings is 2. The summed E-state index contributed by atoms with van der Waals surface area (Å²) in [6.45, 7) is 4.77. The van der Waals surface area contributed by atoms with Crippen LogP contribution in [0.2, 0.25) is 0 Å². The molecule has 32 heavy (non-hydrogen) atoms. The van der Waals surface area contributed by atoms with Gasteiger partial charge in [0.1, 0.15) is 23.4 Å². The molecule has 0 aliphatic rings. The van der Waals surface area contributed by atoms with Gasteiger partial charge in [-0.2, -0.15) is 13.2 Å². The van der Waals surface area contributed by atoms with Crippen LogP contribution in [0.1, 0.15) is 41.8 Å². The number of carboxylic acids is 1. The molecular weight excluding hydrogens is 445 g/mol. The second-order valence-electron chi connectivity index (χ2n) is 8.19. The Balaban J connectivity index is 1.95. The van der Waals surface area contributed by atoms with Crippen molar-refractivity contribution in [2.75, 3.05) is 0 Å². The molecule has 0 radical (unpaired) electrons. The van der Waals surface area contributed by atoms with Gasteiger partial charge in [0, 0.05) is 10.8 Å². The minimum Gasteiger partial charge on any atom is -0.485 e. The standard InChI is InChI=1S/C22H21F3N2O4S/c1-21(2,3)18(20(29)30)27-19(28)14-9-8-12-6-4-5-7-13(12)17(14)31-10-16-26-15(11-32-16)22(23,24)25/h4-9,11,18H,10H2,1-3H3,(H,27,28)(H,29,30). The third-order valence-electron chi connectivity index (χ3n) is 4.69. The topological polar surface area (TPSA) is 88.5 Å². The molecular formula is C22H21F3N2O4S. The third-order valence-corrected chi connectivity index (χ3v) is 5.52. The summed E-state index contributed by atoms with van der Waals surface area (Å²) in [5.74, 6) is -1.71. The van der Waals surface area contributed by atoms with Crippen molar-refractivity contribution in [3.05, 3.63) is 58.0 Å². The van der Waals surface area contributed by atoms with Crippen LogP contribution >= 0.6 is 11.3 Å². The number of aromatic nitrogens is 1. The van der Waals surface area contributed by atoms with Gasteiger partial charge in [0.15, 0.2) is 5.69 Å². The summed E-state index contributed by atoms with van der Waals surface area (Å²) in [5.41, 5.74) is -1.69. The van der Waals surface area contributed by atoms with E-state index in [2.05, 4.69) is 10.3 Å². The minimum atomic E-state index is -4.56. The number of rotatable bonds is 6. The predicted molar refractivity (Wildman–Crippen MR) is 114 cm³/mol. The molecule has 2 aromatic carbocycles. The van der Waals surface area contributed by atoms with E-state index in [9.17, 15) is 27.9 Å². The van der Waals surface area contributed by atoms with Crippen LogP contribution in [0.25, 0.3) is 10.8 Å². The Bertz CT molecular complexity index is 1150. The number of carbonyl (C=O) groups excluding carboxylic acids is 1. The maximum Gasteiger partial charge on any atom is 0.434 e. The molecule has 0 fully saturated rings. The van der Waals surface area contributed by atoms with E-state index in [0.29, 0.717) is 5.39 Å². The zero-order valence-corrected chi connectivity index (χ0v) is 18.3. The van der Waals surface area contributed by atoms with E-state index in [1.54, 1.807) is 51.1 Å². The number of carboxylic acid groups (broad SMARTS) is 1. The van der Waals surface area contributed by atoms with Crippen LogP contribution in [-0.4, -0.2) is 28.0 Å². The van der Waals surface area contributed by atoms with Crippen LogP contribution in [0.3, 0.4) is 0 Å². The molecule has 1 aromatic heterocycles. The lowest BCUT2D eigenvalue weighted by molar-refractivity contribution is -0.142. The number of carbonyl (C=O) groups is 2. The van der Waals surface area contributed by atoms with Gasteiger partial charge >= 0.3 is 12.1 Å². The molecule has 3 aromatic rings. The first-order chi connectivity index (χ1) is 14.9. The van der Waals surface area contributed by atoms with E-state index < -0.39 is 35.2 Å². The molecule has 0 saturated heterocycles. The average molecular weight is 466 g/mol. The number of hydrogen-bond donors (Lipinski definition) is 2. The van der Waals surface area contributed by atoms with Crippen molar-refractivity contribution in [1.82, 2.24) is 10.3 Å². The zero-order chi connectivity index (χ0) is 23.7. The third kappa shape index (κ3) is 5.18. The number of fused-ring (bicyclic) bond motifs is 1.